The fourth-order valence-corrected chi connectivity index (χ4v) is 4.53. The number of likely N-dealkylation sites (tertiary alicyclic amines) is 1. The van der Waals surface area contributed by atoms with Crippen molar-refractivity contribution in [1.29, 1.82) is 0 Å². The normalized spacial score (nSPS) is 32.4. The summed E-state index contributed by atoms with van der Waals surface area (Å²) in [7, 11) is 0. The molecule has 0 radical (unpaired) electrons. The van der Waals surface area contributed by atoms with Crippen molar-refractivity contribution in [3.05, 3.63) is 30.1 Å². The monoisotopic (exact) mass is 343 g/mol. The first-order valence-corrected chi connectivity index (χ1v) is 9.67. The average Bonchev–Trinajstić information content (AvgIpc) is 3.33. The quantitative estimate of drug-likeness (QED) is 0.860. The number of hydrogen-bond acceptors (Lipinski definition) is 4. The van der Waals surface area contributed by atoms with Gasteiger partial charge < -0.3 is 10.1 Å². The van der Waals surface area contributed by atoms with E-state index in [9.17, 15) is 4.79 Å². The number of nitrogens with zero attached hydrogens (tertiary/aromatic N) is 2. The van der Waals surface area contributed by atoms with E-state index < -0.39 is 0 Å². The lowest BCUT2D eigenvalue weighted by Gasteiger charge is -2.38. The van der Waals surface area contributed by atoms with Crippen molar-refractivity contribution in [1.82, 2.24) is 15.2 Å². The van der Waals surface area contributed by atoms with Gasteiger partial charge in [-0.2, -0.15) is 0 Å². The van der Waals surface area contributed by atoms with Crippen LogP contribution in [0.1, 0.15) is 38.2 Å². The number of rotatable bonds is 6. The molecule has 1 saturated heterocycles. The molecule has 1 aliphatic heterocycles. The van der Waals surface area contributed by atoms with Crippen LogP contribution in [0.5, 0.6) is 0 Å². The molecule has 3 aliphatic rings. The van der Waals surface area contributed by atoms with Gasteiger partial charge in [0.05, 0.1) is 12.1 Å². The van der Waals surface area contributed by atoms with Gasteiger partial charge in [0.15, 0.2) is 0 Å². The summed E-state index contributed by atoms with van der Waals surface area (Å²) in [4.78, 5) is 18.3. The molecular formula is C20H29N3O2. The first-order valence-electron chi connectivity index (χ1n) is 9.67. The van der Waals surface area contributed by atoms with Crippen molar-refractivity contribution < 1.29 is 9.53 Å². The topological polar surface area (TPSA) is 54.5 Å². The molecule has 1 aromatic rings. The van der Waals surface area contributed by atoms with E-state index in [1.54, 1.807) is 6.92 Å². The number of ether oxygens (including phenoxy) is 1. The highest BCUT2D eigenvalue weighted by Gasteiger charge is 2.43. The summed E-state index contributed by atoms with van der Waals surface area (Å²) < 4.78 is 6.24. The van der Waals surface area contributed by atoms with E-state index in [1.165, 1.54) is 18.4 Å². The van der Waals surface area contributed by atoms with Crippen LogP contribution in [-0.2, 0) is 16.1 Å². The number of fused-ring (bicyclic) bond motifs is 1. The van der Waals surface area contributed by atoms with Crippen LogP contribution >= 0.6 is 0 Å². The minimum atomic E-state index is 0.0649. The molecule has 4 atom stereocenters. The molecule has 0 spiro atoms. The molecule has 0 bridgehead atoms. The second-order valence-corrected chi connectivity index (χ2v) is 8.16. The Hall–Kier alpha value is -1.46. The molecule has 0 aromatic carbocycles. The van der Waals surface area contributed by atoms with E-state index in [-0.39, 0.29) is 18.1 Å². The van der Waals surface area contributed by atoms with E-state index >= 15 is 0 Å². The molecule has 4 rings (SSSR count). The van der Waals surface area contributed by atoms with Crippen LogP contribution in [0, 0.1) is 17.8 Å². The van der Waals surface area contributed by atoms with Crippen molar-refractivity contribution in [2.45, 2.75) is 51.3 Å². The van der Waals surface area contributed by atoms with Gasteiger partial charge in [-0.05, 0) is 61.1 Å². The Morgan fingerprint density at radius 2 is 1.96 bits per heavy atom. The fraction of sp³-hybridized carbons (Fsp3) is 0.700. The minimum absolute atomic E-state index is 0.0649. The van der Waals surface area contributed by atoms with Gasteiger partial charge in [0.25, 0.3) is 0 Å². The first kappa shape index (κ1) is 17.0. The maximum Gasteiger partial charge on any atom is 0.217 e. The summed E-state index contributed by atoms with van der Waals surface area (Å²) >= 11 is 0. The molecule has 25 heavy (non-hydrogen) atoms. The molecule has 1 amide bonds. The van der Waals surface area contributed by atoms with Crippen molar-refractivity contribution in [3.8, 4) is 0 Å². The molecule has 0 unspecified atom stereocenters. The van der Waals surface area contributed by atoms with Gasteiger partial charge in [-0.1, -0.05) is 0 Å². The highest BCUT2D eigenvalue weighted by Crippen LogP contribution is 2.39. The summed E-state index contributed by atoms with van der Waals surface area (Å²) in [5, 5.41) is 3.16. The third-order valence-corrected chi connectivity index (χ3v) is 5.98. The van der Waals surface area contributed by atoms with E-state index in [1.807, 2.05) is 12.4 Å². The van der Waals surface area contributed by atoms with Gasteiger partial charge in [0, 0.05) is 45.6 Å². The molecule has 1 N–H and O–H groups in total. The van der Waals surface area contributed by atoms with Crippen LogP contribution in [0.15, 0.2) is 24.5 Å². The average molecular weight is 343 g/mol. The molecule has 5 heteroatoms. The Kier molecular flexibility index (Phi) is 5.04. The van der Waals surface area contributed by atoms with Crippen LogP contribution in [0.3, 0.4) is 0 Å². The number of carbonyl (C=O) groups excluding carboxylic acids is 1. The summed E-state index contributed by atoms with van der Waals surface area (Å²) in [5.74, 6) is 2.19. The molecule has 2 saturated carbocycles. The van der Waals surface area contributed by atoms with E-state index in [2.05, 4.69) is 27.3 Å². The Bertz CT molecular complexity index is 590. The number of amides is 1. The minimum Gasteiger partial charge on any atom is -0.376 e. The smallest absolute Gasteiger partial charge is 0.217 e. The van der Waals surface area contributed by atoms with Gasteiger partial charge in [0.2, 0.25) is 5.91 Å². The predicted octanol–water partition coefficient (Wildman–Crippen LogP) is 2.22. The van der Waals surface area contributed by atoms with E-state index in [4.69, 9.17) is 4.74 Å². The standard InChI is InChI=1S/C20H29N3O2/c1-14(24)22-19-8-17-11-23(10-15-4-6-21-7-5-15)12-18(17)9-20(19)25-13-16-2-3-16/h4-7,16-20H,2-3,8-13H2,1H3,(H,22,24)/t17-,18+,19-,20-/m1/s1. The van der Waals surface area contributed by atoms with Crippen molar-refractivity contribution in [3.63, 3.8) is 0 Å². The Morgan fingerprint density at radius 3 is 2.64 bits per heavy atom. The van der Waals surface area contributed by atoms with Gasteiger partial charge in [-0.15, -0.1) is 0 Å². The zero-order chi connectivity index (χ0) is 17.2. The van der Waals surface area contributed by atoms with E-state index in [0.717, 1.165) is 45.0 Å². The van der Waals surface area contributed by atoms with Crippen molar-refractivity contribution in [2.24, 2.45) is 17.8 Å². The van der Waals surface area contributed by atoms with Crippen molar-refractivity contribution >= 4 is 5.91 Å². The summed E-state index contributed by atoms with van der Waals surface area (Å²) in [5.41, 5.74) is 1.33. The SMILES string of the molecule is CC(=O)N[C@@H]1C[C@@H]2CN(Cc3ccncc3)C[C@@H]2C[C@H]1OCC1CC1. The number of nitrogens with one attached hydrogen (secondary N) is 1. The zero-order valence-corrected chi connectivity index (χ0v) is 15.1. The third kappa shape index (κ3) is 4.39. The second-order valence-electron chi connectivity index (χ2n) is 8.16. The molecule has 5 nitrogen and oxygen atoms in total. The fourth-order valence-electron chi connectivity index (χ4n) is 4.53. The third-order valence-electron chi connectivity index (χ3n) is 5.98. The Morgan fingerprint density at radius 1 is 1.24 bits per heavy atom. The maximum atomic E-state index is 11.6. The van der Waals surface area contributed by atoms with Crippen LogP contribution < -0.4 is 5.32 Å². The van der Waals surface area contributed by atoms with Gasteiger partial charge >= 0.3 is 0 Å². The van der Waals surface area contributed by atoms with Crippen LogP contribution in [0.4, 0.5) is 0 Å². The second kappa shape index (κ2) is 7.42. The van der Waals surface area contributed by atoms with Crippen molar-refractivity contribution in [2.75, 3.05) is 19.7 Å². The van der Waals surface area contributed by atoms with E-state index in [0.29, 0.717) is 11.8 Å². The zero-order valence-electron chi connectivity index (χ0n) is 15.1. The number of pyridine rings is 1. The largest absolute Gasteiger partial charge is 0.376 e. The lowest BCUT2D eigenvalue weighted by atomic mass is 9.77. The van der Waals surface area contributed by atoms with Gasteiger partial charge in [0.1, 0.15) is 0 Å². The molecule has 136 valence electrons. The Labute approximate surface area is 150 Å². The number of aromatic nitrogens is 1. The van der Waals surface area contributed by atoms with Crippen LogP contribution in [-0.4, -0.2) is 47.6 Å². The maximum absolute atomic E-state index is 11.6. The molecule has 1 aromatic heterocycles. The van der Waals surface area contributed by atoms with Crippen LogP contribution in [0.2, 0.25) is 0 Å². The summed E-state index contributed by atoms with van der Waals surface area (Å²) in [6.45, 7) is 5.75. The van der Waals surface area contributed by atoms with Gasteiger partial charge in [-0.3, -0.25) is 14.7 Å². The molecular weight excluding hydrogens is 314 g/mol. The first-order chi connectivity index (χ1) is 12.2. The summed E-state index contributed by atoms with van der Waals surface area (Å²) in [6.07, 6.45) is 8.67. The number of hydrogen-bond donors (Lipinski definition) is 1. The molecule has 3 fully saturated rings. The number of carbonyl (C=O) groups is 1. The molecule has 2 heterocycles. The lowest BCUT2D eigenvalue weighted by molar-refractivity contribution is -0.122. The lowest BCUT2D eigenvalue weighted by Crippen LogP contribution is -2.50. The Balaban J connectivity index is 1.37. The van der Waals surface area contributed by atoms with Crippen LogP contribution in [0.25, 0.3) is 0 Å². The predicted molar refractivity (Wildman–Crippen MR) is 95.8 cm³/mol. The molecule has 2 aliphatic carbocycles. The van der Waals surface area contributed by atoms with Gasteiger partial charge in [-0.25, -0.2) is 0 Å². The highest BCUT2D eigenvalue weighted by molar-refractivity contribution is 5.73. The summed E-state index contributed by atoms with van der Waals surface area (Å²) in [6, 6.07) is 4.38. The highest BCUT2D eigenvalue weighted by atomic mass is 16.5.